The number of ether oxygens (including phenoxy) is 1. The van der Waals surface area contributed by atoms with Crippen LogP contribution in [-0.2, 0) is 14.8 Å². The SMILES string of the molecule is CCCCS(=O)(=O)NCCNC(=O)C(C)Oc1ccc(C(C)C)cc1. The molecule has 0 aromatic heterocycles. The molecule has 1 atom stereocenters. The molecule has 1 amide bonds. The molecule has 142 valence electrons. The monoisotopic (exact) mass is 370 g/mol. The topological polar surface area (TPSA) is 84.5 Å². The van der Waals surface area contributed by atoms with E-state index >= 15 is 0 Å². The number of amides is 1. The largest absolute Gasteiger partial charge is 0.481 e. The lowest BCUT2D eigenvalue weighted by Gasteiger charge is -2.15. The third-order valence-corrected chi connectivity index (χ3v) is 5.21. The van der Waals surface area contributed by atoms with Crippen LogP contribution < -0.4 is 14.8 Å². The van der Waals surface area contributed by atoms with E-state index in [1.165, 1.54) is 5.56 Å². The van der Waals surface area contributed by atoms with Gasteiger partial charge in [0.05, 0.1) is 5.75 Å². The van der Waals surface area contributed by atoms with Crippen molar-refractivity contribution in [3.8, 4) is 5.75 Å². The average Bonchev–Trinajstić information content (AvgIpc) is 2.57. The highest BCUT2D eigenvalue weighted by molar-refractivity contribution is 7.89. The van der Waals surface area contributed by atoms with Gasteiger partial charge in [0.2, 0.25) is 10.0 Å². The molecule has 0 saturated carbocycles. The van der Waals surface area contributed by atoms with Gasteiger partial charge in [0.1, 0.15) is 5.75 Å². The Bertz CT molecular complexity index is 627. The molecule has 1 aromatic rings. The lowest BCUT2D eigenvalue weighted by molar-refractivity contribution is -0.127. The average molecular weight is 371 g/mol. The van der Waals surface area contributed by atoms with Crippen molar-refractivity contribution in [2.75, 3.05) is 18.8 Å². The van der Waals surface area contributed by atoms with Gasteiger partial charge in [-0.3, -0.25) is 4.79 Å². The molecular weight excluding hydrogens is 340 g/mol. The van der Waals surface area contributed by atoms with Crippen LogP contribution in [0.25, 0.3) is 0 Å². The second-order valence-corrected chi connectivity index (χ2v) is 8.27. The van der Waals surface area contributed by atoms with Gasteiger partial charge in [-0.2, -0.15) is 0 Å². The predicted octanol–water partition coefficient (Wildman–Crippen LogP) is 2.41. The Balaban J connectivity index is 2.34. The van der Waals surface area contributed by atoms with Crippen LogP contribution in [0.4, 0.5) is 0 Å². The first-order valence-corrected chi connectivity index (χ1v) is 10.4. The number of carbonyl (C=O) groups is 1. The minimum Gasteiger partial charge on any atom is -0.481 e. The number of sulfonamides is 1. The molecule has 0 saturated heterocycles. The van der Waals surface area contributed by atoms with E-state index in [0.29, 0.717) is 18.1 Å². The first kappa shape index (κ1) is 21.4. The molecule has 2 N–H and O–H groups in total. The van der Waals surface area contributed by atoms with Crippen LogP contribution in [0.3, 0.4) is 0 Å². The number of hydrogen-bond donors (Lipinski definition) is 2. The summed E-state index contributed by atoms with van der Waals surface area (Å²) in [6.07, 6.45) is 0.800. The fraction of sp³-hybridized carbons (Fsp3) is 0.611. The lowest BCUT2D eigenvalue weighted by atomic mass is 10.0. The van der Waals surface area contributed by atoms with Crippen molar-refractivity contribution in [2.24, 2.45) is 0 Å². The Morgan fingerprint density at radius 3 is 2.32 bits per heavy atom. The van der Waals surface area contributed by atoms with Gasteiger partial charge in [-0.15, -0.1) is 0 Å². The zero-order chi connectivity index (χ0) is 18.9. The normalized spacial score (nSPS) is 12.8. The Hall–Kier alpha value is -1.60. The van der Waals surface area contributed by atoms with Crippen molar-refractivity contribution >= 4 is 15.9 Å². The summed E-state index contributed by atoms with van der Waals surface area (Å²) < 4.78 is 31.4. The molecule has 25 heavy (non-hydrogen) atoms. The zero-order valence-electron chi connectivity index (χ0n) is 15.5. The molecule has 1 unspecified atom stereocenters. The Labute approximate surface area is 151 Å². The second kappa shape index (κ2) is 10.4. The van der Waals surface area contributed by atoms with Gasteiger partial charge in [-0.25, -0.2) is 13.1 Å². The van der Waals surface area contributed by atoms with Gasteiger partial charge in [0.15, 0.2) is 6.10 Å². The molecule has 0 spiro atoms. The summed E-state index contributed by atoms with van der Waals surface area (Å²) in [4.78, 5) is 12.0. The number of nitrogens with one attached hydrogen (secondary N) is 2. The molecule has 0 aliphatic rings. The molecule has 0 bridgehead atoms. The van der Waals surface area contributed by atoms with Crippen molar-refractivity contribution < 1.29 is 17.9 Å². The predicted molar refractivity (Wildman–Crippen MR) is 100 cm³/mol. The second-order valence-electron chi connectivity index (χ2n) is 6.34. The first-order valence-electron chi connectivity index (χ1n) is 8.77. The summed E-state index contributed by atoms with van der Waals surface area (Å²) in [5, 5.41) is 2.67. The van der Waals surface area contributed by atoms with Crippen molar-refractivity contribution in [3.63, 3.8) is 0 Å². The van der Waals surface area contributed by atoms with Crippen molar-refractivity contribution in [3.05, 3.63) is 29.8 Å². The van der Waals surface area contributed by atoms with Crippen LogP contribution in [0.1, 0.15) is 52.0 Å². The smallest absolute Gasteiger partial charge is 0.260 e. The molecule has 0 radical (unpaired) electrons. The molecule has 1 rings (SSSR count). The summed E-state index contributed by atoms with van der Waals surface area (Å²) in [6.45, 7) is 8.23. The van der Waals surface area contributed by atoms with E-state index in [1.54, 1.807) is 6.92 Å². The van der Waals surface area contributed by atoms with E-state index in [1.807, 2.05) is 31.2 Å². The molecule has 7 heteroatoms. The van der Waals surface area contributed by atoms with E-state index < -0.39 is 16.1 Å². The molecule has 0 heterocycles. The highest BCUT2D eigenvalue weighted by Crippen LogP contribution is 2.19. The van der Waals surface area contributed by atoms with E-state index in [4.69, 9.17) is 4.74 Å². The molecule has 1 aromatic carbocycles. The number of rotatable bonds is 11. The Morgan fingerprint density at radius 1 is 1.12 bits per heavy atom. The van der Waals surface area contributed by atoms with Gasteiger partial charge >= 0.3 is 0 Å². The molecular formula is C18H30N2O4S. The molecule has 0 fully saturated rings. The van der Waals surface area contributed by atoms with Crippen LogP contribution in [0.2, 0.25) is 0 Å². The van der Waals surface area contributed by atoms with Gasteiger partial charge in [-0.1, -0.05) is 39.3 Å². The molecule has 0 aliphatic carbocycles. The van der Waals surface area contributed by atoms with E-state index in [-0.39, 0.29) is 24.7 Å². The van der Waals surface area contributed by atoms with E-state index in [0.717, 1.165) is 6.42 Å². The maximum absolute atomic E-state index is 12.0. The highest BCUT2D eigenvalue weighted by atomic mass is 32.2. The van der Waals surface area contributed by atoms with Crippen molar-refractivity contribution in [1.82, 2.24) is 10.0 Å². The Kier molecular flexibility index (Phi) is 8.92. The van der Waals surface area contributed by atoms with Crippen LogP contribution in [-0.4, -0.2) is 39.3 Å². The highest BCUT2D eigenvalue weighted by Gasteiger charge is 2.15. The Morgan fingerprint density at radius 2 is 1.76 bits per heavy atom. The molecule has 6 nitrogen and oxygen atoms in total. The summed E-state index contributed by atoms with van der Waals surface area (Å²) >= 11 is 0. The van der Waals surface area contributed by atoms with Gasteiger partial charge < -0.3 is 10.1 Å². The van der Waals surface area contributed by atoms with E-state index in [2.05, 4.69) is 23.9 Å². The minimum absolute atomic E-state index is 0.114. The van der Waals surface area contributed by atoms with Gasteiger partial charge in [-0.05, 0) is 37.0 Å². The van der Waals surface area contributed by atoms with Crippen LogP contribution >= 0.6 is 0 Å². The van der Waals surface area contributed by atoms with Crippen molar-refractivity contribution in [2.45, 2.75) is 52.6 Å². The van der Waals surface area contributed by atoms with Gasteiger partial charge in [0, 0.05) is 13.1 Å². The number of hydrogen-bond acceptors (Lipinski definition) is 4. The quantitative estimate of drug-likeness (QED) is 0.586. The van der Waals surface area contributed by atoms with Crippen LogP contribution in [0.15, 0.2) is 24.3 Å². The summed E-state index contributed by atoms with van der Waals surface area (Å²) in [5.41, 5.74) is 1.21. The van der Waals surface area contributed by atoms with E-state index in [9.17, 15) is 13.2 Å². The first-order chi connectivity index (χ1) is 11.7. The van der Waals surface area contributed by atoms with Crippen LogP contribution in [0.5, 0.6) is 5.75 Å². The fourth-order valence-electron chi connectivity index (χ4n) is 2.13. The third-order valence-electron chi connectivity index (χ3n) is 3.74. The fourth-order valence-corrected chi connectivity index (χ4v) is 3.36. The maximum atomic E-state index is 12.0. The minimum atomic E-state index is -3.25. The number of carbonyl (C=O) groups excluding carboxylic acids is 1. The van der Waals surface area contributed by atoms with Gasteiger partial charge in [0.25, 0.3) is 5.91 Å². The lowest BCUT2D eigenvalue weighted by Crippen LogP contribution is -2.41. The summed E-state index contributed by atoms with van der Waals surface area (Å²) in [5.74, 6) is 0.910. The summed E-state index contributed by atoms with van der Waals surface area (Å²) in [6, 6.07) is 7.66. The standard InChI is InChI=1S/C18H30N2O4S/c1-5-6-13-25(22,23)20-12-11-19-18(21)15(4)24-17-9-7-16(8-10-17)14(2)3/h7-10,14-15,20H,5-6,11-13H2,1-4H3,(H,19,21). The number of unbranched alkanes of at least 4 members (excludes halogenated alkanes) is 1. The van der Waals surface area contributed by atoms with Crippen molar-refractivity contribution in [1.29, 1.82) is 0 Å². The molecule has 0 aliphatic heterocycles. The summed E-state index contributed by atoms with van der Waals surface area (Å²) in [7, 11) is -3.25. The van der Waals surface area contributed by atoms with Crippen LogP contribution in [0, 0.1) is 0 Å². The maximum Gasteiger partial charge on any atom is 0.260 e. The number of benzene rings is 1. The third kappa shape index (κ3) is 8.36. The zero-order valence-corrected chi connectivity index (χ0v) is 16.4.